The lowest BCUT2D eigenvalue weighted by molar-refractivity contribution is -0.0989. The summed E-state index contributed by atoms with van der Waals surface area (Å²) < 4.78 is 21.4. The molecule has 1 atom stereocenters. The number of carbonyl (C=O) groups is 1. The molecule has 0 unspecified atom stereocenters. The standard InChI is InChI=1S/C32H32FN9O2/c1-18-23(6-7-26(33)38-18)29(25-16-41(40-39-25)32-10-19(11-32)12-32)42(30(43)44-5)22-8-20(13-34)27-24(9-22)28(21(14-35)15-36-27)37-17-31(2,3)4/h6-9,15-16,19,29H,10-12,17H2,1-5H3,(H,36,37)/t19?,29-,32?/m0/s1. The van der Waals surface area contributed by atoms with Crippen LogP contribution in [0.25, 0.3) is 10.9 Å². The van der Waals surface area contributed by atoms with E-state index in [1.165, 1.54) is 24.3 Å². The number of fused-ring (bicyclic) bond motifs is 1. The predicted octanol–water partition coefficient (Wildman–Crippen LogP) is 5.74. The van der Waals surface area contributed by atoms with Gasteiger partial charge in [-0.15, -0.1) is 5.10 Å². The minimum atomic E-state index is -0.932. The molecule has 3 aliphatic rings. The van der Waals surface area contributed by atoms with E-state index in [0.717, 1.165) is 19.3 Å². The van der Waals surface area contributed by atoms with Crippen LogP contribution in [0.2, 0.25) is 0 Å². The number of anilines is 2. The fraction of sp³-hybridized carbons (Fsp3) is 0.406. The molecule has 1 aromatic carbocycles. The van der Waals surface area contributed by atoms with Gasteiger partial charge >= 0.3 is 6.09 Å². The first-order valence-electron chi connectivity index (χ1n) is 14.4. The molecule has 1 N–H and O–H groups in total. The van der Waals surface area contributed by atoms with Crippen LogP contribution in [0.1, 0.15) is 74.2 Å². The van der Waals surface area contributed by atoms with Crippen LogP contribution in [0.5, 0.6) is 0 Å². The van der Waals surface area contributed by atoms with Crippen molar-refractivity contribution >= 4 is 28.4 Å². The summed E-state index contributed by atoms with van der Waals surface area (Å²) in [7, 11) is 1.26. The maximum atomic E-state index is 14.2. The molecule has 0 saturated heterocycles. The monoisotopic (exact) mass is 593 g/mol. The van der Waals surface area contributed by atoms with Gasteiger partial charge in [-0.05, 0) is 55.7 Å². The maximum Gasteiger partial charge on any atom is 0.414 e. The smallest absolute Gasteiger partial charge is 0.414 e. The van der Waals surface area contributed by atoms with Crippen LogP contribution >= 0.6 is 0 Å². The zero-order valence-electron chi connectivity index (χ0n) is 25.2. The van der Waals surface area contributed by atoms with E-state index in [1.54, 1.807) is 25.1 Å². The van der Waals surface area contributed by atoms with E-state index in [2.05, 4.69) is 58.5 Å². The summed E-state index contributed by atoms with van der Waals surface area (Å²) in [6, 6.07) is 9.50. The van der Waals surface area contributed by atoms with E-state index >= 15 is 0 Å². The van der Waals surface area contributed by atoms with Crippen molar-refractivity contribution in [3.63, 3.8) is 0 Å². The van der Waals surface area contributed by atoms with Crippen molar-refractivity contribution in [3.8, 4) is 12.1 Å². The lowest BCUT2D eigenvalue weighted by Gasteiger charge is -2.61. The summed E-state index contributed by atoms with van der Waals surface area (Å²) in [5.41, 5.74) is 2.78. The fourth-order valence-electron chi connectivity index (χ4n) is 6.21. The number of aromatic nitrogens is 5. The Bertz CT molecular complexity index is 1860. The Morgan fingerprint density at radius 2 is 1.95 bits per heavy atom. The molecule has 4 aromatic rings. The number of rotatable bonds is 7. The average Bonchev–Trinajstić information content (AvgIpc) is 3.40. The highest BCUT2D eigenvalue weighted by Gasteiger charge is 2.59. The number of pyridine rings is 2. The number of nitrogens with zero attached hydrogens (tertiary/aromatic N) is 8. The number of aryl methyl sites for hydroxylation is 1. The van der Waals surface area contributed by atoms with Crippen LogP contribution in [0.15, 0.2) is 36.7 Å². The minimum Gasteiger partial charge on any atom is -0.452 e. The highest BCUT2D eigenvalue weighted by Crippen LogP contribution is 2.62. The number of hydrogen-bond acceptors (Lipinski definition) is 9. The molecule has 7 rings (SSSR count). The second-order valence-corrected chi connectivity index (χ2v) is 12.9. The summed E-state index contributed by atoms with van der Waals surface area (Å²) in [5.74, 6) is 0.0536. The van der Waals surface area contributed by atoms with E-state index in [9.17, 15) is 19.7 Å². The Balaban J connectivity index is 1.57. The number of amides is 1. The van der Waals surface area contributed by atoms with Crippen molar-refractivity contribution in [2.24, 2.45) is 11.3 Å². The Hall–Kier alpha value is -5.10. The zero-order valence-corrected chi connectivity index (χ0v) is 25.2. The number of ether oxygens (including phenoxy) is 1. The lowest BCUT2D eigenvalue weighted by Crippen LogP contribution is -2.59. The number of nitriles is 2. The number of hydrogen-bond donors (Lipinski definition) is 1. The number of nitrogens with one attached hydrogen (secondary N) is 1. The maximum absolute atomic E-state index is 14.2. The first-order valence-corrected chi connectivity index (χ1v) is 14.4. The molecule has 11 nitrogen and oxygen atoms in total. The van der Waals surface area contributed by atoms with Crippen molar-refractivity contribution in [1.82, 2.24) is 25.0 Å². The Labute approximate surface area is 254 Å². The van der Waals surface area contributed by atoms with Crippen LogP contribution in [-0.2, 0) is 10.3 Å². The molecule has 12 heteroatoms. The van der Waals surface area contributed by atoms with Gasteiger partial charge in [-0.1, -0.05) is 32.1 Å². The van der Waals surface area contributed by atoms with Gasteiger partial charge in [-0.25, -0.2) is 14.5 Å². The van der Waals surface area contributed by atoms with Crippen LogP contribution in [0.4, 0.5) is 20.6 Å². The summed E-state index contributed by atoms with van der Waals surface area (Å²) >= 11 is 0. The van der Waals surface area contributed by atoms with E-state index in [-0.39, 0.29) is 16.5 Å². The van der Waals surface area contributed by atoms with Crippen molar-refractivity contribution in [2.75, 3.05) is 23.9 Å². The van der Waals surface area contributed by atoms with Gasteiger partial charge in [0.1, 0.15) is 23.9 Å². The Morgan fingerprint density at radius 1 is 1.23 bits per heavy atom. The predicted molar refractivity (Wildman–Crippen MR) is 160 cm³/mol. The Kier molecular flexibility index (Phi) is 6.96. The number of halogens is 1. The Morgan fingerprint density at radius 3 is 2.55 bits per heavy atom. The molecule has 3 fully saturated rings. The topological polar surface area (TPSA) is 146 Å². The van der Waals surface area contributed by atoms with E-state index in [4.69, 9.17) is 4.74 Å². The molecular formula is C32H32FN9O2. The van der Waals surface area contributed by atoms with Crippen LogP contribution in [0.3, 0.4) is 0 Å². The van der Waals surface area contributed by atoms with Crippen LogP contribution in [0, 0.1) is 46.9 Å². The molecular weight excluding hydrogens is 561 g/mol. The third kappa shape index (κ3) is 4.86. The largest absolute Gasteiger partial charge is 0.452 e. The average molecular weight is 594 g/mol. The third-order valence-corrected chi connectivity index (χ3v) is 8.57. The van der Waals surface area contributed by atoms with Gasteiger partial charge in [0.2, 0.25) is 5.95 Å². The molecule has 3 saturated carbocycles. The molecule has 2 bridgehead atoms. The second kappa shape index (κ2) is 10.6. The molecule has 3 aromatic heterocycles. The molecule has 44 heavy (non-hydrogen) atoms. The highest BCUT2D eigenvalue weighted by atomic mass is 19.1. The van der Waals surface area contributed by atoms with E-state index in [0.29, 0.717) is 57.3 Å². The minimum absolute atomic E-state index is 0.0590. The second-order valence-electron chi connectivity index (χ2n) is 12.9. The van der Waals surface area contributed by atoms with E-state index < -0.39 is 18.1 Å². The van der Waals surface area contributed by atoms with E-state index in [1.807, 2.05) is 10.9 Å². The van der Waals surface area contributed by atoms with Crippen molar-refractivity contribution < 1.29 is 13.9 Å². The molecule has 1 amide bonds. The van der Waals surface area contributed by atoms with Gasteiger partial charge in [0, 0.05) is 29.4 Å². The van der Waals surface area contributed by atoms with Crippen molar-refractivity contribution in [2.45, 2.75) is 58.5 Å². The molecule has 3 heterocycles. The first-order chi connectivity index (χ1) is 21.0. The van der Waals surface area contributed by atoms with Crippen molar-refractivity contribution in [3.05, 3.63) is 70.7 Å². The zero-order chi connectivity index (χ0) is 31.4. The van der Waals surface area contributed by atoms with Crippen LogP contribution in [-0.4, -0.2) is 44.7 Å². The highest BCUT2D eigenvalue weighted by molar-refractivity contribution is 6.01. The summed E-state index contributed by atoms with van der Waals surface area (Å²) in [6.45, 7) is 8.37. The van der Waals surface area contributed by atoms with Gasteiger partial charge in [-0.2, -0.15) is 14.9 Å². The van der Waals surface area contributed by atoms with Gasteiger partial charge < -0.3 is 10.1 Å². The molecule has 3 aliphatic carbocycles. The molecule has 0 radical (unpaired) electrons. The summed E-state index contributed by atoms with van der Waals surface area (Å²) in [4.78, 5) is 23.6. The summed E-state index contributed by atoms with van der Waals surface area (Å²) in [5, 5.41) is 33.0. The third-order valence-electron chi connectivity index (χ3n) is 8.57. The lowest BCUT2D eigenvalue weighted by atomic mass is 9.50. The SMILES string of the molecule is COC(=O)N(c1cc(C#N)c2ncc(C#N)c(NCC(C)(C)C)c2c1)[C@H](c1cn(C23CC(C2)C3)nn1)c1ccc(F)nc1C. The summed E-state index contributed by atoms with van der Waals surface area (Å²) in [6.07, 6.45) is 5.63. The molecule has 0 spiro atoms. The van der Waals surface area contributed by atoms with Gasteiger partial charge in [0.05, 0.1) is 46.9 Å². The normalized spacial score (nSPS) is 19.2. The first kappa shape index (κ1) is 29.0. The number of methoxy groups -OCH3 is 1. The number of carbonyl (C=O) groups excluding carboxylic acids is 1. The molecule has 0 aliphatic heterocycles. The van der Waals surface area contributed by atoms with Gasteiger partial charge in [0.25, 0.3) is 0 Å². The van der Waals surface area contributed by atoms with Crippen LogP contribution < -0.4 is 10.2 Å². The molecule has 224 valence electrons. The fourth-order valence-corrected chi connectivity index (χ4v) is 6.21. The quantitative estimate of drug-likeness (QED) is 0.265. The van der Waals surface area contributed by atoms with Crippen molar-refractivity contribution in [1.29, 1.82) is 10.5 Å². The van der Waals surface area contributed by atoms with Gasteiger partial charge in [-0.3, -0.25) is 9.88 Å². The van der Waals surface area contributed by atoms with Gasteiger partial charge in [0.15, 0.2) is 0 Å². The number of benzene rings is 1.